The molecule has 0 spiro atoms. The minimum absolute atomic E-state index is 0.145. The first kappa shape index (κ1) is 12.2. The minimum atomic E-state index is -0.373. The molecular weight excluding hydrogens is 232 g/mol. The Bertz CT molecular complexity index is 535. The van der Waals surface area contributed by atoms with Crippen LogP contribution >= 0.6 is 0 Å². The second kappa shape index (κ2) is 5.35. The summed E-state index contributed by atoms with van der Waals surface area (Å²) >= 11 is 0. The Balaban J connectivity index is 1.94. The van der Waals surface area contributed by atoms with E-state index in [1.165, 1.54) is 6.07 Å². The zero-order valence-electron chi connectivity index (χ0n) is 10.1. The zero-order valence-corrected chi connectivity index (χ0v) is 10.1. The number of hydrogen-bond acceptors (Lipinski definition) is 4. The SMILES string of the molecule is Cc1cc(NCCc2ccco2)ccc1[N+](=O)[O-]. The van der Waals surface area contributed by atoms with E-state index in [1.807, 2.05) is 12.1 Å². The quantitative estimate of drug-likeness (QED) is 0.650. The van der Waals surface area contributed by atoms with Crippen molar-refractivity contribution in [3.05, 3.63) is 58.0 Å². The van der Waals surface area contributed by atoms with Crippen molar-refractivity contribution in [3.8, 4) is 0 Å². The lowest BCUT2D eigenvalue weighted by Crippen LogP contribution is -2.04. The van der Waals surface area contributed by atoms with Gasteiger partial charge in [0, 0.05) is 30.3 Å². The number of benzene rings is 1. The fraction of sp³-hybridized carbons (Fsp3) is 0.231. The molecule has 1 aromatic heterocycles. The number of nitrogens with zero attached hydrogens (tertiary/aromatic N) is 1. The number of rotatable bonds is 5. The molecule has 0 saturated carbocycles. The van der Waals surface area contributed by atoms with Gasteiger partial charge in [-0.1, -0.05) is 0 Å². The lowest BCUT2D eigenvalue weighted by Gasteiger charge is -2.06. The summed E-state index contributed by atoms with van der Waals surface area (Å²) in [6.07, 6.45) is 2.42. The fourth-order valence-electron chi connectivity index (χ4n) is 1.76. The van der Waals surface area contributed by atoms with Gasteiger partial charge in [-0.3, -0.25) is 10.1 Å². The predicted molar refractivity (Wildman–Crippen MR) is 68.7 cm³/mol. The summed E-state index contributed by atoms with van der Waals surface area (Å²) in [6.45, 7) is 2.46. The van der Waals surface area contributed by atoms with Crippen LogP contribution < -0.4 is 5.32 Å². The number of furan rings is 1. The van der Waals surface area contributed by atoms with E-state index in [2.05, 4.69) is 5.32 Å². The summed E-state index contributed by atoms with van der Waals surface area (Å²) in [5, 5.41) is 13.9. The molecule has 0 amide bonds. The van der Waals surface area contributed by atoms with Crippen molar-refractivity contribution < 1.29 is 9.34 Å². The van der Waals surface area contributed by atoms with Crippen molar-refractivity contribution in [2.45, 2.75) is 13.3 Å². The maximum atomic E-state index is 10.7. The average Bonchev–Trinajstić information content (AvgIpc) is 2.81. The topological polar surface area (TPSA) is 68.3 Å². The summed E-state index contributed by atoms with van der Waals surface area (Å²) in [5.41, 5.74) is 1.68. The molecule has 0 aliphatic carbocycles. The van der Waals surface area contributed by atoms with Crippen molar-refractivity contribution in [3.63, 3.8) is 0 Å². The molecule has 94 valence electrons. The smallest absolute Gasteiger partial charge is 0.272 e. The Kier molecular flexibility index (Phi) is 3.62. The Morgan fingerprint density at radius 3 is 2.83 bits per heavy atom. The first-order valence-electron chi connectivity index (χ1n) is 5.68. The molecule has 0 saturated heterocycles. The standard InChI is InChI=1S/C13H14N2O3/c1-10-9-11(4-5-13(10)15(16)17)14-7-6-12-3-2-8-18-12/h2-5,8-9,14H,6-7H2,1H3. The normalized spacial score (nSPS) is 10.3. The number of hydrogen-bond donors (Lipinski definition) is 1. The van der Waals surface area contributed by atoms with Crippen LogP contribution in [-0.4, -0.2) is 11.5 Å². The summed E-state index contributed by atoms with van der Waals surface area (Å²) in [7, 11) is 0. The number of anilines is 1. The summed E-state index contributed by atoms with van der Waals surface area (Å²) < 4.78 is 5.22. The molecule has 18 heavy (non-hydrogen) atoms. The van der Waals surface area contributed by atoms with Crippen LogP contribution in [0.4, 0.5) is 11.4 Å². The summed E-state index contributed by atoms with van der Waals surface area (Å²) in [5.74, 6) is 0.918. The monoisotopic (exact) mass is 246 g/mol. The fourth-order valence-corrected chi connectivity index (χ4v) is 1.76. The van der Waals surface area contributed by atoms with Gasteiger partial charge in [0.15, 0.2) is 0 Å². The molecule has 5 heteroatoms. The molecule has 1 N–H and O–H groups in total. The van der Waals surface area contributed by atoms with E-state index < -0.39 is 0 Å². The molecule has 0 unspecified atom stereocenters. The van der Waals surface area contributed by atoms with E-state index in [0.717, 1.165) is 24.4 Å². The first-order chi connectivity index (χ1) is 8.66. The van der Waals surface area contributed by atoms with Gasteiger partial charge in [0.25, 0.3) is 5.69 Å². The number of nitro groups is 1. The third kappa shape index (κ3) is 2.88. The molecule has 2 aromatic rings. The van der Waals surface area contributed by atoms with Crippen molar-refractivity contribution in [2.75, 3.05) is 11.9 Å². The van der Waals surface area contributed by atoms with Crippen molar-refractivity contribution in [1.29, 1.82) is 0 Å². The van der Waals surface area contributed by atoms with Gasteiger partial charge in [-0.15, -0.1) is 0 Å². The highest BCUT2D eigenvalue weighted by Gasteiger charge is 2.09. The average molecular weight is 246 g/mol. The molecule has 2 rings (SSSR count). The number of aryl methyl sites for hydroxylation is 1. The molecule has 0 aliphatic rings. The molecule has 0 fully saturated rings. The van der Waals surface area contributed by atoms with Crippen LogP contribution in [0.25, 0.3) is 0 Å². The Morgan fingerprint density at radius 1 is 1.39 bits per heavy atom. The lowest BCUT2D eigenvalue weighted by atomic mass is 10.2. The van der Waals surface area contributed by atoms with Gasteiger partial charge < -0.3 is 9.73 Å². The molecule has 0 radical (unpaired) electrons. The van der Waals surface area contributed by atoms with Gasteiger partial charge in [0.05, 0.1) is 11.2 Å². The Hall–Kier alpha value is -2.30. The second-order valence-electron chi connectivity index (χ2n) is 4.01. The van der Waals surface area contributed by atoms with Crippen LogP contribution in [-0.2, 0) is 6.42 Å². The van der Waals surface area contributed by atoms with Crippen molar-refractivity contribution >= 4 is 11.4 Å². The molecule has 0 bridgehead atoms. The largest absolute Gasteiger partial charge is 0.469 e. The number of nitrogens with one attached hydrogen (secondary N) is 1. The maximum absolute atomic E-state index is 10.7. The van der Waals surface area contributed by atoms with Gasteiger partial charge >= 0.3 is 0 Å². The third-order valence-corrected chi connectivity index (χ3v) is 2.67. The van der Waals surface area contributed by atoms with Crippen molar-refractivity contribution in [1.82, 2.24) is 0 Å². The zero-order chi connectivity index (χ0) is 13.0. The van der Waals surface area contributed by atoms with Crippen LogP contribution in [0.15, 0.2) is 41.0 Å². The predicted octanol–water partition coefficient (Wildman–Crippen LogP) is 3.15. The minimum Gasteiger partial charge on any atom is -0.469 e. The third-order valence-electron chi connectivity index (χ3n) is 2.67. The van der Waals surface area contributed by atoms with Crippen LogP contribution in [0.5, 0.6) is 0 Å². The van der Waals surface area contributed by atoms with Crippen molar-refractivity contribution in [2.24, 2.45) is 0 Å². The summed E-state index contributed by atoms with van der Waals surface area (Å²) in [6, 6.07) is 8.78. The van der Waals surface area contributed by atoms with Crippen LogP contribution in [0.2, 0.25) is 0 Å². The Labute approximate surface area is 105 Å². The van der Waals surface area contributed by atoms with Gasteiger partial charge in [-0.2, -0.15) is 0 Å². The Morgan fingerprint density at radius 2 is 2.22 bits per heavy atom. The highest BCUT2D eigenvalue weighted by atomic mass is 16.6. The van der Waals surface area contributed by atoms with E-state index in [0.29, 0.717) is 5.56 Å². The van der Waals surface area contributed by atoms with Gasteiger partial charge in [-0.25, -0.2) is 0 Å². The van der Waals surface area contributed by atoms with Crippen LogP contribution in [0.1, 0.15) is 11.3 Å². The van der Waals surface area contributed by atoms with E-state index in [-0.39, 0.29) is 10.6 Å². The van der Waals surface area contributed by atoms with Gasteiger partial charge in [0.1, 0.15) is 5.76 Å². The molecular formula is C13H14N2O3. The second-order valence-corrected chi connectivity index (χ2v) is 4.01. The van der Waals surface area contributed by atoms with Gasteiger partial charge in [-0.05, 0) is 31.2 Å². The molecule has 0 aliphatic heterocycles. The highest BCUT2D eigenvalue weighted by molar-refractivity contribution is 5.53. The van der Waals surface area contributed by atoms with E-state index >= 15 is 0 Å². The molecule has 5 nitrogen and oxygen atoms in total. The summed E-state index contributed by atoms with van der Waals surface area (Å²) in [4.78, 5) is 10.3. The highest BCUT2D eigenvalue weighted by Crippen LogP contribution is 2.21. The molecule has 0 atom stereocenters. The van der Waals surface area contributed by atoms with E-state index in [4.69, 9.17) is 4.42 Å². The van der Waals surface area contributed by atoms with E-state index in [9.17, 15) is 10.1 Å². The van der Waals surface area contributed by atoms with Crippen LogP contribution in [0, 0.1) is 17.0 Å². The van der Waals surface area contributed by atoms with Gasteiger partial charge in [0.2, 0.25) is 0 Å². The molecule has 1 aromatic carbocycles. The first-order valence-corrected chi connectivity index (χ1v) is 5.68. The van der Waals surface area contributed by atoms with E-state index in [1.54, 1.807) is 25.3 Å². The number of nitro benzene ring substituents is 1. The van der Waals surface area contributed by atoms with Crippen LogP contribution in [0.3, 0.4) is 0 Å². The lowest BCUT2D eigenvalue weighted by molar-refractivity contribution is -0.385. The maximum Gasteiger partial charge on any atom is 0.272 e. The molecule has 1 heterocycles.